The third-order valence-corrected chi connectivity index (χ3v) is 10.3. The lowest BCUT2D eigenvalue weighted by atomic mass is 9.78. The van der Waals surface area contributed by atoms with Crippen LogP contribution >= 0.6 is 0 Å². The molecule has 2 aliphatic rings. The number of hydrogen-bond donors (Lipinski definition) is 0. The maximum atomic E-state index is 14.1. The molecule has 0 unspecified atom stereocenters. The summed E-state index contributed by atoms with van der Waals surface area (Å²) < 4.78 is 30.0. The fourth-order valence-electron chi connectivity index (χ4n) is 6.37. The highest BCUT2D eigenvalue weighted by atomic mass is 32.2. The standard InChI is InChI=1S/C31H38N2O2S/c1-24-12-6-9-17-29(24)33(36(34,35)31-19-11-7-13-25(31)2)27-20-22-32(23-21-27)30-18-10-8-16-28(30)26-14-4-3-5-15-26/h3-7,9,11-15,17,19,27-28,30H,8,10,16,18,20-23H2,1-2H3/t28-,30-/m1/s1. The van der Waals surface area contributed by atoms with E-state index in [2.05, 4.69) is 35.2 Å². The van der Waals surface area contributed by atoms with Gasteiger partial charge < -0.3 is 0 Å². The molecule has 0 N–H and O–H groups in total. The van der Waals surface area contributed by atoms with Gasteiger partial charge in [-0.3, -0.25) is 9.21 Å². The second-order valence-electron chi connectivity index (χ2n) is 10.5. The van der Waals surface area contributed by atoms with E-state index < -0.39 is 10.0 Å². The van der Waals surface area contributed by atoms with E-state index in [0.29, 0.717) is 16.9 Å². The predicted octanol–water partition coefficient (Wildman–Crippen LogP) is 6.69. The van der Waals surface area contributed by atoms with Crippen LogP contribution in [0.15, 0.2) is 83.8 Å². The molecule has 5 heteroatoms. The lowest BCUT2D eigenvalue weighted by Crippen LogP contribution is -2.52. The zero-order valence-electron chi connectivity index (χ0n) is 21.5. The number of para-hydroxylation sites is 1. The number of sulfonamides is 1. The van der Waals surface area contributed by atoms with Crippen LogP contribution in [0.1, 0.15) is 61.1 Å². The minimum Gasteiger partial charge on any atom is -0.300 e. The number of aryl methyl sites for hydroxylation is 2. The number of hydrogen-bond acceptors (Lipinski definition) is 3. The maximum absolute atomic E-state index is 14.1. The van der Waals surface area contributed by atoms with Crippen LogP contribution in [0.2, 0.25) is 0 Å². The van der Waals surface area contributed by atoms with E-state index in [1.165, 1.54) is 31.2 Å². The van der Waals surface area contributed by atoms with Crippen molar-refractivity contribution in [1.82, 2.24) is 4.90 Å². The highest BCUT2D eigenvalue weighted by Gasteiger charge is 2.38. The average molecular weight is 503 g/mol. The van der Waals surface area contributed by atoms with Crippen LogP contribution in [0, 0.1) is 13.8 Å². The van der Waals surface area contributed by atoms with Crippen molar-refractivity contribution in [2.45, 2.75) is 75.3 Å². The monoisotopic (exact) mass is 502 g/mol. The van der Waals surface area contributed by atoms with Crippen molar-refractivity contribution in [3.8, 4) is 0 Å². The van der Waals surface area contributed by atoms with Crippen molar-refractivity contribution in [3.05, 3.63) is 95.6 Å². The van der Waals surface area contributed by atoms with Crippen molar-refractivity contribution in [1.29, 1.82) is 0 Å². The Morgan fingerprint density at radius 1 is 0.722 bits per heavy atom. The van der Waals surface area contributed by atoms with Gasteiger partial charge >= 0.3 is 0 Å². The largest absolute Gasteiger partial charge is 0.300 e. The number of rotatable bonds is 6. The van der Waals surface area contributed by atoms with Gasteiger partial charge in [0.15, 0.2) is 0 Å². The van der Waals surface area contributed by atoms with E-state index in [1.54, 1.807) is 10.4 Å². The van der Waals surface area contributed by atoms with Gasteiger partial charge in [-0.15, -0.1) is 0 Å². The van der Waals surface area contributed by atoms with Crippen LogP contribution in [0.3, 0.4) is 0 Å². The molecule has 3 aromatic carbocycles. The summed E-state index contributed by atoms with van der Waals surface area (Å²) in [4.78, 5) is 3.07. The third kappa shape index (κ3) is 4.96. The Hall–Kier alpha value is -2.63. The lowest BCUT2D eigenvalue weighted by Gasteiger charge is -2.45. The fourth-order valence-corrected chi connectivity index (χ4v) is 8.38. The molecule has 1 aliphatic heterocycles. The Morgan fingerprint density at radius 3 is 2.03 bits per heavy atom. The highest BCUT2D eigenvalue weighted by molar-refractivity contribution is 7.93. The van der Waals surface area contributed by atoms with Gasteiger partial charge in [0.2, 0.25) is 0 Å². The molecule has 0 aromatic heterocycles. The average Bonchev–Trinajstić information content (AvgIpc) is 2.91. The van der Waals surface area contributed by atoms with Crippen molar-refractivity contribution in [3.63, 3.8) is 0 Å². The quantitative estimate of drug-likeness (QED) is 0.377. The molecule has 0 amide bonds. The molecule has 2 atom stereocenters. The van der Waals surface area contributed by atoms with Crippen molar-refractivity contribution in [2.75, 3.05) is 17.4 Å². The Kier molecular flexibility index (Phi) is 7.49. The van der Waals surface area contributed by atoms with Gasteiger partial charge in [-0.2, -0.15) is 0 Å². The minimum absolute atomic E-state index is 0.0503. The molecule has 190 valence electrons. The molecule has 0 radical (unpaired) electrons. The highest BCUT2D eigenvalue weighted by Crippen LogP contribution is 2.39. The van der Waals surface area contributed by atoms with E-state index in [0.717, 1.165) is 42.7 Å². The summed E-state index contributed by atoms with van der Waals surface area (Å²) >= 11 is 0. The molecule has 1 aliphatic carbocycles. The first-order valence-electron chi connectivity index (χ1n) is 13.4. The molecular formula is C31H38N2O2S. The van der Waals surface area contributed by atoms with Gasteiger partial charge in [-0.1, -0.05) is 79.6 Å². The third-order valence-electron chi connectivity index (χ3n) is 8.24. The lowest BCUT2D eigenvalue weighted by molar-refractivity contribution is 0.107. The second kappa shape index (κ2) is 10.8. The Labute approximate surface area is 217 Å². The molecule has 4 nitrogen and oxygen atoms in total. The van der Waals surface area contributed by atoms with Crippen molar-refractivity contribution in [2.24, 2.45) is 0 Å². The Bertz CT molecular complexity index is 1270. The van der Waals surface area contributed by atoms with Crippen LogP contribution in [-0.4, -0.2) is 38.5 Å². The number of likely N-dealkylation sites (tertiary alicyclic amines) is 1. The Morgan fingerprint density at radius 2 is 1.33 bits per heavy atom. The van der Waals surface area contributed by atoms with E-state index in [-0.39, 0.29) is 6.04 Å². The first-order valence-corrected chi connectivity index (χ1v) is 14.9. The Balaban J connectivity index is 1.41. The summed E-state index contributed by atoms with van der Waals surface area (Å²) in [5.74, 6) is 0.569. The number of piperidine rings is 1. The topological polar surface area (TPSA) is 40.6 Å². The predicted molar refractivity (Wildman–Crippen MR) is 148 cm³/mol. The molecule has 0 bridgehead atoms. The molecule has 1 heterocycles. The second-order valence-corrected chi connectivity index (χ2v) is 12.3. The maximum Gasteiger partial charge on any atom is 0.264 e. The van der Waals surface area contributed by atoms with Gasteiger partial charge in [0.05, 0.1) is 10.6 Å². The van der Waals surface area contributed by atoms with Gasteiger partial charge in [-0.05, 0) is 74.3 Å². The molecule has 3 aromatic rings. The summed E-state index contributed by atoms with van der Waals surface area (Å²) in [7, 11) is -3.69. The van der Waals surface area contributed by atoms with Crippen molar-refractivity contribution < 1.29 is 8.42 Å². The van der Waals surface area contributed by atoms with Crippen molar-refractivity contribution >= 4 is 15.7 Å². The zero-order valence-corrected chi connectivity index (χ0v) is 22.3. The zero-order chi connectivity index (χ0) is 25.1. The minimum atomic E-state index is -3.69. The molecule has 1 saturated carbocycles. The SMILES string of the molecule is Cc1ccccc1N(C1CCN([C@@H]2CCCC[C@@H]2c2ccccc2)CC1)S(=O)(=O)c1ccccc1C. The summed E-state index contributed by atoms with van der Waals surface area (Å²) in [6, 6.07) is 26.7. The normalized spacial score (nSPS) is 21.8. The summed E-state index contributed by atoms with van der Waals surface area (Å²) in [5, 5.41) is 0. The van der Waals surface area contributed by atoms with Gasteiger partial charge in [0.1, 0.15) is 0 Å². The first kappa shape index (κ1) is 25.0. The molecule has 2 fully saturated rings. The number of benzene rings is 3. The summed E-state index contributed by atoms with van der Waals surface area (Å²) in [5.41, 5.74) is 4.04. The van der Waals surface area contributed by atoms with Crippen LogP contribution < -0.4 is 4.31 Å². The van der Waals surface area contributed by atoms with E-state index in [4.69, 9.17) is 0 Å². The summed E-state index contributed by atoms with van der Waals surface area (Å²) in [6.45, 7) is 5.77. The van der Waals surface area contributed by atoms with E-state index in [1.807, 2.05) is 56.3 Å². The molecular weight excluding hydrogens is 464 g/mol. The number of nitrogens with zero attached hydrogens (tertiary/aromatic N) is 2. The van der Waals surface area contributed by atoms with Gasteiger partial charge in [0.25, 0.3) is 10.0 Å². The van der Waals surface area contributed by atoms with Gasteiger partial charge in [-0.25, -0.2) is 8.42 Å². The molecule has 1 saturated heterocycles. The van der Waals surface area contributed by atoms with Crippen LogP contribution in [0.25, 0.3) is 0 Å². The smallest absolute Gasteiger partial charge is 0.264 e. The van der Waals surface area contributed by atoms with E-state index >= 15 is 0 Å². The fraction of sp³-hybridized carbons (Fsp3) is 0.419. The van der Waals surface area contributed by atoms with Crippen LogP contribution in [0.5, 0.6) is 0 Å². The molecule has 0 spiro atoms. The van der Waals surface area contributed by atoms with Gasteiger partial charge in [0, 0.05) is 25.2 Å². The molecule has 5 rings (SSSR count). The first-order chi connectivity index (χ1) is 17.5. The number of anilines is 1. The van der Waals surface area contributed by atoms with E-state index in [9.17, 15) is 8.42 Å². The van der Waals surface area contributed by atoms with Crippen LogP contribution in [0.4, 0.5) is 5.69 Å². The van der Waals surface area contributed by atoms with Crippen LogP contribution in [-0.2, 0) is 10.0 Å². The molecule has 36 heavy (non-hydrogen) atoms. The summed E-state index contributed by atoms with van der Waals surface area (Å²) in [6.07, 6.45) is 6.74.